The normalized spacial score (nSPS) is 13.2. The molecule has 0 heterocycles. The fourth-order valence-electron chi connectivity index (χ4n) is 2.92. The number of carbonyl (C=O) groups is 1. The minimum absolute atomic E-state index is 0.0142. The number of nitrogens with one attached hydrogen (secondary N) is 1. The first-order chi connectivity index (χ1) is 13.3. The van der Waals surface area contributed by atoms with E-state index in [1.165, 1.54) is 26.2 Å². The number of methoxy groups -OCH3 is 1. The number of aliphatic hydroxyl groups is 1. The van der Waals surface area contributed by atoms with E-state index < -0.39 is 6.10 Å². The zero-order valence-electron chi connectivity index (χ0n) is 16.7. The Morgan fingerprint density at radius 3 is 2.39 bits per heavy atom. The van der Waals surface area contributed by atoms with Gasteiger partial charge in [0.15, 0.2) is 17.3 Å². The Morgan fingerprint density at radius 2 is 1.82 bits per heavy atom. The highest BCUT2D eigenvalue weighted by molar-refractivity contribution is 5.94. The van der Waals surface area contributed by atoms with Gasteiger partial charge in [0.05, 0.1) is 7.11 Å². The van der Waals surface area contributed by atoms with Gasteiger partial charge in [0, 0.05) is 18.2 Å². The van der Waals surface area contributed by atoms with Crippen LogP contribution in [0.3, 0.4) is 0 Å². The molecule has 0 spiro atoms. The smallest absolute Gasteiger partial charge is 0.161 e. The summed E-state index contributed by atoms with van der Waals surface area (Å²) in [5.74, 6) is 0.835. The summed E-state index contributed by atoms with van der Waals surface area (Å²) in [6, 6.07) is 11.3. The minimum Gasteiger partial charge on any atom is -0.493 e. The number of carbonyl (C=O) groups excluding carboxylic acids is 1. The van der Waals surface area contributed by atoms with Crippen LogP contribution in [0.4, 0.5) is 4.39 Å². The second kappa shape index (κ2) is 10.2. The molecule has 0 amide bonds. The Labute approximate surface area is 165 Å². The Morgan fingerprint density at radius 1 is 1.14 bits per heavy atom. The van der Waals surface area contributed by atoms with E-state index in [9.17, 15) is 14.3 Å². The van der Waals surface area contributed by atoms with Gasteiger partial charge in [-0.25, -0.2) is 4.39 Å². The van der Waals surface area contributed by atoms with E-state index in [0.717, 1.165) is 5.56 Å². The number of benzene rings is 2. The van der Waals surface area contributed by atoms with Crippen LogP contribution in [0.2, 0.25) is 0 Å². The lowest BCUT2D eigenvalue weighted by atomic mass is 9.96. The van der Waals surface area contributed by atoms with Crippen molar-refractivity contribution < 1.29 is 23.8 Å². The third kappa shape index (κ3) is 6.04. The number of rotatable bonds is 10. The molecule has 0 saturated heterocycles. The maximum Gasteiger partial charge on any atom is 0.161 e. The van der Waals surface area contributed by atoms with Crippen molar-refractivity contribution in [2.45, 2.75) is 32.9 Å². The number of hydrogen-bond donors (Lipinski definition) is 2. The number of ketones is 1. The molecule has 0 radical (unpaired) electrons. The standard InChI is InChI=1S/C22H28FNO4/c1-14(2)22(16-5-8-18(23)9-6-16)24-12-19(26)13-28-20-10-7-17(15(3)25)11-21(20)27-4/h5-11,14,19,22,24,26H,12-13H2,1-4H3/t19-,22+/m0/s1. The van der Waals surface area contributed by atoms with Crippen molar-refractivity contribution in [2.24, 2.45) is 5.92 Å². The molecule has 2 atom stereocenters. The SMILES string of the molecule is COc1cc(C(C)=O)ccc1OC[C@@H](O)CN[C@@H](c1ccc(F)cc1)C(C)C. The van der Waals surface area contributed by atoms with E-state index in [1.807, 2.05) is 0 Å². The monoisotopic (exact) mass is 389 g/mol. The largest absolute Gasteiger partial charge is 0.493 e. The maximum absolute atomic E-state index is 13.2. The number of hydrogen-bond acceptors (Lipinski definition) is 5. The van der Waals surface area contributed by atoms with Crippen molar-refractivity contribution in [2.75, 3.05) is 20.3 Å². The van der Waals surface area contributed by atoms with Crippen LogP contribution in [-0.2, 0) is 0 Å². The quantitative estimate of drug-likeness (QED) is 0.606. The Balaban J connectivity index is 1.93. The molecule has 2 rings (SSSR count). The van der Waals surface area contributed by atoms with Gasteiger partial charge in [-0.3, -0.25) is 4.79 Å². The van der Waals surface area contributed by atoms with Crippen LogP contribution in [0.5, 0.6) is 11.5 Å². The van der Waals surface area contributed by atoms with Gasteiger partial charge in [-0.15, -0.1) is 0 Å². The first kappa shape index (κ1) is 21.9. The van der Waals surface area contributed by atoms with Gasteiger partial charge in [0.25, 0.3) is 0 Å². The topological polar surface area (TPSA) is 67.8 Å². The number of Topliss-reactive ketones (excluding diaryl/α,β-unsaturated/α-hetero) is 1. The van der Waals surface area contributed by atoms with Crippen molar-refractivity contribution in [3.05, 3.63) is 59.4 Å². The molecule has 2 aromatic carbocycles. The molecule has 0 aromatic heterocycles. The van der Waals surface area contributed by atoms with Crippen molar-refractivity contribution in [3.63, 3.8) is 0 Å². The van der Waals surface area contributed by atoms with Crippen molar-refractivity contribution in [3.8, 4) is 11.5 Å². The lowest BCUT2D eigenvalue weighted by Crippen LogP contribution is -2.35. The second-order valence-corrected chi connectivity index (χ2v) is 7.07. The molecule has 6 heteroatoms. The molecular formula is C22H28FNO4. The van der Waals surface area contributed by atoms with Gasteiger partial charge < -0.3 is 19.9 Å². The van der Waals surface area contributed by atoms with Crippen molar-refractivity contribution in [1.82, 2.24) is 5.32 Å². The molecule has 0 aliphatic rings. The van der Waals surface area contributed by atoms with E-state index >= 15 is 0 Å². The molecule has 0 aliphatic heterocycles. The minimum atomic E-state index is -0.751. The third-order valence-corrected chi connectivity index (χ3v) is 4.47. The van der Waals surface area contributed by atoms with E-state index in [0.29, 0.717) is 23.6 Å². The average molecular weight is 389 g/mol. The zero-order valence-corrected chi connectivity index (χ0v) is 16.7. The molecule has 5 nitrogen and oxygen atoms in total. The highest BCUT2D eigenvalue weighted by Crippen LogP contribution is 2.28. The predicted octanol–water partition coefficient (Wildman–Crippen LogP) is 3.76. The second-order valence-electron chi connectivity index (χ2n) is 7.07. The van der Waals surface area contributed by atoms with Gasteiger partial charge in [0.1, 0.15) is 18.5 Å². The molecular weight excluding hydrogens is 361 g/mol. The van der Waals surface area contributed by atoms with E-state index in [2.05, 4.69) is 19.2 Å². The molecule has 0 unspecified atom stereocenters. The van der Waals surface area contributed by atoms with Crippen LogP contribution in [0.1, 0.15) is 42.7 Å². The molecule has 0 saturated carbocycles. The summed E-state index contributed by atoms with van der Waals surface area (Å²) in [6.07, 6.45) is -0.751. The number of ether oxygens (including phenoxy) is 2. The number of halogens is 1. The van der Waals surface area contributed by atoms with Crippen LogP contribution in [-0.4, -0.2) is 37.3 Å². The summed E-state index contributed by atoms with van der Waals surface area (Å²) in [6.45, 7) is 5.98. The summed E-state index contributed by atoms with van der Waals surface area (Å²) in [4.78, 5) is 11.5. The Bertz CT molecular complexity index is 777. The third-order valence-electron chi connectivity index (χ3n) is 4.47. The first-order valence-electron chi connectivity index (χ1n) is 9.30. The summed E-state index contributed by atoms with van der Waals surface area (Å²) in [5, 5.41) is 13.6. The zero-order chi connectivity index (χ0) is 20.7. The van der Waals surface area contributed by atoms with Crippen LogP contribution in [0, 0.1) is 11.7 Å². The van der Waals surface area contributed by atoms with Gasteiger partial charge >= 0.3 is 0 Å². The molecule has 0 bridgehead atoms. The van der Waals surface area contributed by atoms with Gasteiger partial charge in [-0.05, 0) is 48.7 Å². The fourth-order valence-corrected chi connectivity index (χ4v) is 2.92. The summed E-state index contributed by atoms with van der Waals surface area (Å²) in [5.41, 5.74) is 1.50. The van der Waals surface area contributed by atoms with Crippen LogP contribution >= 0.6 is 0 Å². The molecule has 0 fully saturated rings. The maximum atomic E-state index is 13.2. The van der Waals surface area contributed by atoms with Crippen LogP contribution in [0.15, 0.2) is 42.5 Å². The summed E-state index contributed by atoms with van der Waals surface area (Å²) < 4.78 is 24.1. The Hall–Kier alpha value is -2.44. The molecule has 28 heavy (non-hydrogen) atoms. The van der Waals surface area contributed by atoms with E-state index in [-0.39, 0.29) is 30.2 Å². The van der Waals surface area contributed by atoms with Crippen molar-refractivity contribution >= 4 is 5.78 Å². The highest BCUT2D eigenvalue weighted by Gasteiger charge is 2.18. The van der Waals surface area contributed by atoms with E-state index in [4.69, 9.17) is 9.47 Å². The van der Waals surface area contributed by atoms with E-state index in [1.54, 1.807) is 30.3 Å². The lowest BCUT2D eigenvalue weighted by molar-refractivity contribution is 0.0991. The first-order valence-corrected chi connectivity index (χ1v) is 9.30. The van der Waals surface area contributed by atoms with Gasteiger partial charge in [0.2, 0.25) is 0 Å². The molecule has 152 valence electrons. The average Bonchev–Trinajstić information content (AvgIpc) is 2.67. The predicted molar refractivity (Wildman–Crippen MR) is 106 cm³/mol. The summed E-state index contributed by atoms with van der Waals surface area (Å²) >= 11 is 0. The number of aliphatic hydroxyl groups excluding tert-OH is 1. The van der Waals surface area contributed by atoms with Gasteiger partial charge in [-0.1, -0.05) is 26.0 Å². The summed E-state index contributed by atoms with van der Waals surface area (Å²) in [7, 11) is 1.50. The molecule has 0 aliphatic carbocycles. The Kier molecular flexibility index (Phi) is 7.96. The highest BCUT2D eigenvalue weighted by atomic mass is 19.1. The van der Waals surface area contributed by atoms with Gasteiger partial charge in [-0.2, -0.15) is 0 Å². The fraction of sp³-hybridized carbons (Fsp3) is 0.409. The molecule has 2 N–H and O–H groups in total. The molecule has 2 aromatic rings. The van der Waals surface area contributed by atoms with Crippen molar-refractivity contribution in [1.29, 1.82) is 0 Å². The van der Waals surface area contributed by atoms with Crippen LogP contribution in [0.25, 0.3) is 0 Å². The van der Waals surface area contributed by atoms with Crippen LogP contribution < -0.4 is 14.8 Å². The lowest BCUT2D eigenvalue weighted by Gasteiger charge is -2.25.